The van der Waals surface area contributed by atoms with E-state index >= 15 is 0 Å². The van der Waals surface area contributed by atoms with E-state index in [1.807, 2.05) is 87.5 Å². The van der Waals surface area contributed by atoms with E-state index < -0.39 is 25.5 Å². The van der Waals surface area contributed by atoms with Crippen molar-refractivity contribution in [1.29, 1.82) is 0 Å². The Morgan fingerprint density at radius 1 is 0.623 bits per heavy atom. The minimum atomic E-state index is -2.62. The first kappa shape index (κ1) is 27.2. The van der Waals surface area contributed by atoms with Crippen LogP contribution in [0.15, 0.2) is 144 Å². The van der Waals surface area contributed by atoms with E-state index in [0.29, 0.717) is 22.3 Å². The van der Waals surface area contributed by atoms with Gasteiger partial charge in [0.25, 0.3) is 0 Å². The van der Waals surface area contributed by atoms with Gasteiger partial charge in [-0.3, -0.25) is 0 Å². The predicted octanol–water partition coefficient (Wildman–Crippen LogP) is 13.2. The number of nitrogens with zero attached hydrogens (tertiary/aromatic N) is 2. The van der Waals surface area contributed by atoms with Gasteiger partial charge in [0.05, 0.1) is 5.58 Å². The van der Waals surface area contributed by atoms with Gasteiger partial charge in [-0.1, -0.05) is 122 Å². The molecule has 9 rings (SSSR count). The van der Waals surface area contributed by atoms with Crippen LogP contribution in [-0.4, -0.2) is 9.97 Å². The van der Waals surface area contributed by atoms with E-state index in [1.165, 1.54) is 6.07 Å². The van der Waals surface area contributed by atoms with Crippen molar-refractivity contribution in [1.82, 2.24) is 9.97 Å². The number of aryl methyl sites for hydroxylation is 2. The van der Waals surface area contributed by atoms with Crippen molar-refractivity contribution in [2.45, 2.75) is 40.8 Å². The summed E-state index contributed by atoms with van der Waals surface area (Å²) in [5.74, 6) is 0. The van der Waals surface area contributed by atoms with Gasteiger partial charge in [0.1, 0.15) is 5.58 Å². The van der Waals surface area contributed by atoms with Crippen molar-refractivity contribution >= 4 is 43.5 Å². The van der Waals surface area contributed by atoms with Crippen molar-refractivity contribution in [2.24, 2.45) is 5.41 Å². The predicted molar refractivity (Wildman–Crippen MR) is 217 cm³/mol. The van der Waals surface area contributed by atoms with Gasteiger partial charge in [-0.25, -0.2) is 0 Å². The molecule has 53 heavy (non-hydrogen) atoms. The monoisotopic (exact) mass is 873 g/mol. The fourth-order valence-corrected chi connectivity index (χ4v) is 6.55. The Balaban J connectivity index is 0.000000237. The number of rotatable bonds is 4. The molecule has 0 N–H and O–H groups in total. The average Bonchev–Trinajstić information content (AvgIpc) is 3.62. The number of hydrogen-bond donors (Lipinski definition) is 0. The summed E-state index contributed by atoms with van der Waals surface area (Å²) in [5.41, 5.74) is 5.64. The van der Waals surface area contributed by atoms with Crippen molar-refractivity contribution in [3.8, 4) is 33.6 Å². The maximum atomic E-state index is 8.21. The number of aromatic nitrogens is 2. The molecule has 3 heterocycles. The van der Waals surface area contributed by atoms with E-state index in [9.17, 15) is 0 Å². The second-order valence-electron chi connectivity index (χ2n) is 13.8. The smallest absolute Gasteiger partial charge is 0.128 e. The standard InChI is InChI=1S/C33H22NO.C16H18N.Ir/c1-20-17-31(34-19-21(20)2)30-10-6-9-27-29-16-15-26-25-13-11-23(22-7-4-3-5-8-22)18-24(25)12-14-28(26)32(29)35-33(27)30;1-16(2,3)11-13-9-10-15(17-12-13)14-7-5-4-6-8-14;/h3-9,11-19H,1-2H3;4-7,9-10,12H,11H2,1-3H3;/q2*-1;/i1D3,2D3;11D2;. The first-order chi connectivity index (χ1) is 28.4. The molecule has 263 valence electrons. The molecule has 0 saturated heterocycles. The number of pyridine rings is 2. The van der Waals surface area contributed by atoms with Crippen molar-refractivity contribution in [3.05, 3.63) is 169 Å². The molecule has 0 bridgehead atoms. The van der Waals surface area contributed by atoms with Crippen LogP contribution in [0.1, 0.15) is 48.4 Å². The molecule has 0 saturated carbocycles. The number of hydrogen-bond acceptors (Lipinski definition) is 3. The summed E-state index contributed by atoms with van der Waals surface area (Å²) < 4.78 is 70.1. The molecule has 0 fully saturated rings. The fraction of sp³-hybridized carbons (Fsp3) is 0.143. The van der Waals surface area contributed by atoms with Crippen LogP contribution in [0.4, 0.5) is 0 Å². The third kappa shape index (κ3) is 7.44. The van der Waals surface area contributed by atoms with Crippen LogP contribution in [-0.2, 0) is 26.5 Å². The molecule has 3 aromatic heterocycles. The van der Waals surface area contributed by atoms with E-state index in [0.717, 1.165) is 60.9 Å². The molecule has 4 heteroatoms. The molecular formula is C49H40IrN2O-2. The SMILES string of the molecule is [2H]C([2H])([2H])c1cnc(-c2[c-]ccc3c2oc2c3ccc3c4ccc(-c5ccccc5)cc4ccc32)cc1C([2H])([2H])[2H].[2H]C([2H])(c1ccc(-c2[c-]cccc2)nc1)C(C)(C)C.[Ir]. The molecule has 0 atom stereocenters. The molecule has 0 unspecified atom stereocenters. The maximum Gasteiger partial charge on any atom is 0.128 e. The summed E-state index contributed by atoms with van der Waals surface area (Å²) >= 11 is 0. The van der Waals surface area contributed by atoms with Gasteiger partial charge in [-0.15, -0.1) is 54.1 Å². The maximum absolute atomic E-state index is 8.21. The third-order valence-electron chi connectivity index (χ3n) is 8.95. The van der Waals surface area contributed by atoms with E-state index in [4.69, 9.17) is 15.4 Å². The molecule has 0 amide bonds. The quantitative estimate of drug-likeness (QED) is 0.131. The van der Waals surface area contributed by atoms with Crippen LogP contribution < -0.4 is 0 Å². The zero-order valence-electron chi connectivity index (χ0n) is 37.4. The average molecular weight is 873 g/mol. The molecular weight excluding hydrogens is 825 g/mol. The molecule has 6 aromatic carbocycles. The second-order valence-corrected chi connectivity index (χ2v) is 13.8. The first-order valence-corrected chi connectivity index (χ1v) is 17.1. The van der Waals surface area contributed by atoms with E-state index in [2.05, 4.69) is 70.6 Å². The van der Waals surface area contributed by atoms with Crippen LogP contribution in [0, 0.1) is 31.3 Å². The van der Waals surface area contributed by atoms with Gasteiger partial charge in [0, 0.05) is 54.2 Å². The Kier molecular flexibility index (Phi) is 7.66. The molecule has 1 radical (unpaired) electrons. The Labute approximate surface area is 336 Å². The van der Waals surface area contributed by atoms with Crippen LogP contribution in [0.5, 0.6) is 0 Å². The Morgan fingerprint density at radius 2 is 1.36 bits per heavy atom. The summed E-state index contributed by atoms with van der Waals surface area (Å²) in [6.07, 6.45) is 1.35. The van der Waals surface area contributed by atoms with Crippen LogP contribution in [0.2, 0.25) is 0 Å². The Bertz CT molecular complexity index is 3010. The summed E-state index contributed by atoms with van der Waals surface area (Å²) in [5, 5.41) is 6.01. The van der Waals surface area contributed by atoms with Gasteiger partial charge in [0.15, 0.2) is 0 Å². The van der Waals surface area contributed by atoms with Crippen LogP contribution in [0.25, 0.3) is 77.1 Å². The molecule has 0 spiro atoms. The number of benzene rings is 6. The van der Waals surface area contributed by atoms with Crippen molar-refractivity contribution in [3.63, 3.8) is 0 Å². The summed E-state index contributed by atoms with van der Waals surface area (Å²) in [7, 11) is 0. The zero-order valence-corrected chi connectivity index (χ0v) is 31.8. The summed E-state index contributed by atoms with van der Waals surface area (Å²) in [4.78, 5) is 8.70. The molecule has 0 aliphatic rings. The molecule has 0 aliphatic heterocycles. The van der Waals surface area contributed by atoms with Gasteiger partial charge >= 0.3 is 0 Å². The fourth-order valence-electron chi connectivity index (χ4n) is 6.55. The van der Waals surface area contributed by atoms with E-state index in [-0.39, 0.29) is 36.9 Å². The summed E-state index contributed by atoms with van der Waals surface area (Å²) in [6, 6.07) is 47.6. The van der Waals surface area contributed by atoms with Crippen LogP contribution >= 0.6 is 0 Å². The summed E-state index contributed by atoms with van der Waals surface area (Å²) in [6.45, 7) is 0.457. The van der Waals surface area contributed by atoms with E-state index in [1.54, 1.807) is 12.3 Å². The third-order valence-corrected chi connectivity index (χ3v) is 8.95. The topological polar surface area (TPSA) is 38.9 Å². The minimum Gasteiger partial charge on any atom is -0.500 e. The van der Waals surface area contributed by atoms with Crippen molar-refractivity contribution < 1.29 is 35.5 Å². The molecule has 9 aromatic rings. The number of furan rings is 1. The van der Waals surface area contributed by atoms with Gasteiger partial charge in [-0.05, 0) is 81.4 Å². The molecule has 0 aliphatic carbocycles. The molecule has 3 nitrogen and oxygen atoms in total. The van der Waals surface area contributed by atoms with Gasteiger partial charge in [0.2, 0.25) is 0 Å². The zero-order chi connectivity index (χ0) is 42.6. The van der Waals surface area contributed by atoms with Gasteiger partial charge in [-0.2, -0.15) is 0 Å². The minimum absolute atomic E-state index is 0. The normalized spacial score (nSPS) is 14.4. The second kappa shape index (κ2) is 14.9. The van der Waals surface area contributed by atoms with Gasteiger partial charge < -0.3 is 14.4 Å². The Hall–Kier alpha value is -5.41. The Morgan fingerprint density at radius 3 is 2.11 bits per heavy atom. The van der Waals surface area contributed by atoms with Crippen molar-refractivity contribution in [2.75, 3.05) is 0 Å². The largest absolute Gasteiger partial charge is 0.500 e. The number of fused-ring (bicyclic) bond motifs is 7. The van der Waals surface area contributed by atoms with Crippen LogP contribution in [0.3, 0.4) is 0 Å². The first-order valence-electron chi connectivity index (χ1n) is 21.1.